The summed E-state index contributed by atoms with van der Waals surface area (Å²) in [4.78, 5) is 36.7. The van der Waals surface area contributed by atoms with Crippen LogP contribution in [0.25, 0.3) is 0 Å². The molecule has 0 unspecified atom stereocenters. The molecule has 0 bridgehead atoms. The van der Waals surface area contributed by atoms with Crippen LogP contribution in [0.1, 0.15) is 16.2 Å². The van der Waals surface area contributed by atoms with Gasteiger partial charge in [-0.3, -0.25) is 25.1 Å². The van der Waals surface area contributed by atoms with Gasteiger partial charge in [-0.25, -0.2) is 10.8 Å². The number of pyridine rings is 2. The Morgan fingerprint density at radius 2 is 2.19 bits per heavy atom. The monoisotopic (exact) mass is 289 g/mol. The van der Waals surface area contributed by atoms with Crippen LogP contribution in [-0.4, -0.2) is 20.4 Å². The minimum atomic E-state index is -0.745. The number of nitrogens with two attached hydrogens (primary N) is 1. The highest BCUT2D eigenvalue weighted by Crippen LogP contribution is 2.06. The SMILES string of the molecule is NNC(=O)c1cccc(Cn2ccc(=O)c([N+](=O)[O-])c2)n1. The molecule has 1 amide bonds. The van der Waals surface area contributed by atoms with E-state index in [0.717, 1.165) is 12.3 Å². The zero-order valence-electron chi connectivity index (χ0n) is 10.7. The van der Waals surface area contributed by atoms with Crippen LogP contribution >= 0.6 is 0 Å². The Balaban J connectivity index is 2.30. The summed E-state index contributed by atoms with van der Waals surface area (Å²) in [6, 6.07) is 5.86. The first-order valence-corrected chi connectivity index (χ1v) is 5.82. The summed E-state index contributed by atoms with van der Waals surface area (Å²) in [5.74, 6) is 4.48. The van der Waals surface area contributed by atoms with Gasteiger partial charge in [-0.1, -0.05) is 6.07 Å². The van der Waals surface area contributed by atoms with E-state index in [1.807, 2.05) is 5.43 Å². The van der Waals surface area contributed by atoms with Crippen molar-refractivity contribution in [2.24, 2.45) is 5.84 Å². The number of carbonyl (C=O) groups is 1. The van der Waals surface area contributed by atoms with Gasteiger partial charge in [0.15, 0.2) is 0 Å². The lowest BCUT2D eigenvalue weighted by molar-refractivity contribution is -0.386. The number of nitrogens with one attached hydrogen (secondary N) is 1. The zero-order chi connectivity index (χ0) is 15.4. The summed E-state index contributed by atoms with van der Waals surface area (Å²) in [5.41, 5.74) is 1.40. The van der Waals surface area contributed by atoms with Crippen LogP contribution in [0, 0.1) is 10.1 Å². The van der Waals surface area contributed by atoms with Crippen LogP contribution in [-0.2, 0) is 6.54 Å². The molecule has 0 atom stereocenters. The Labute approximate surface area is 118 Å². The number of hydrogen-bond donors (Lipinski definition) is 2. The molecule has 0 aromatic carbocycles. The second-order valence-corrected chi connectivity index (χ2v) is 4.11. The molecule has 0 aliphatic rings. The second kappa shape index (κ2) is 5.92. The molecule has 21 heavy (non-hydrogen) atoms. The molecule has 0 aliphatic carbocycles. The van der Waals surface area contributed by atoms with E-state index in [0.29, 0.717) is 5.69 Å². The van der Waals surface area contributed by atoms with Crippen LogP contribution in [0.3, 0.4) is 0 Å². The topological polar surface area (TPSA) is 133 Å². The maximum absolute atomic E-state index is 11.4. The van der Waals surface area contributed by atoms with Crippen molar-refractivity contribution >= 4 is 11.6 Å². The fourth-order valence-electron chi connectivity index (χ4n) is 1.70. The summed E-state index contributed by atoms with van der Waals surface area (Å²) in [6.45, 7) is 0.173. The smallest absolute Gasteiger partial charge is 0.332 e. The van der Waals surface area contributed by atoms with Crippen molar-refractivity contribution in [1.82, 2.24) is 15.0 Å². The largest absolute Gasteiger partial charge is 0.342 e. The van der Waals surface area contributed by atoms with Crippen molar-refractivity contribution < 1.29 is 9.72 Å². The third-order valence-corrected chi connectivity index (χ3v) is 2.67. The normalized spacial score (nSPS) is 10.1. The Kier molecular flexibility index (Phi) is 4.05. The predicted molar refractivity (Wildman–Crippen MR) is 72.3 cm³/mol. The summed E-state index contributed by atoms with van der Waals surface area (Å²) in [6.07, 6.45) is 2.53. The molecule has 0 fully saturated rings. The van der Waals surface area contributed by atoms with E-state index in [-0.39, 0.29) is 12.2 Å². The molecule has 0 saturated carbocycles. The molecule has 2 aromatic rings. The van der Waals surface area contributed by atoms with Gasteiger partial charge >= 0.3 is 5.69 Å². The molecule has 3 N–H and O–H groups in total. The highest BCUT2D eigenvalue weighted by atomic mass is 16.6. The first-order valence-electron chi connectivity index (χ1n) is 5.82. The molecule has 0 aliphatic heterocycles. The minimum absolute atomic E-state index is 0.130. The maximum Gasteiger partial charge on any atom is 0.332 e. The second-order valence-electron chi connectivity index (χ2n) is 4.11. The highest BCUT2D eigenvalue weighted by Gasteiger charge is 2.12. The van der Waals surface area contributed by atoms with E-state index in [1.54, 1.807) is 12.1 Å². The van der Waals surface area contributed by atoms with Gasteiger partial charge in [0.05, 0.1) is 23.4 Å². The van der Waals surface area contributed by atoms with Crippen LogP contribution in [0.15, 0.2) is 41.5 Å². The quantitative estimate of drug-likeness (QED) is 0.346. The maximum atomic E-state index is 11.4. The number of hydrogen-bond acceptors (Lipinski definition) is 6. The van der Waals surface area contributed by atoms with Crippen LogP contribution in [0.5, 0.6) is 0 Å². The summed E-state index contributed by atoms with van der Waals surface area (Å²) in [5, 5.41) is 10.7. The highest BCUT2D eigenvalue weighted by molar-refractivity contribution is 5.91. The van der Waals surface area contributed by atoms with E-state index < -0.39 is 21.9 Å². The summed E-state index contributed by atoms with van der Waals surface area (Å²) >= 11 is 0. The van der Waals surface area contributed by atoms with Gasteiger partial charge in [-0.05, 0) is 12.1 Å². The molecule has 108 valence electrons. The predicted octanol–water partition coefficient (Wildman–Crippen LogP) is -0.197. The Morgan fingerprint density at radius 3 is 2.86 bits per heavy atom. The first kappa shape index (κ1) is 14.3. The number of amides is 1. The molecular formula is C12H11N5O4. The minimum Gasteiger partial charge on any atom is -0.342 e. The number of nitro groups is 1. The van der Waals surface area contributed by atoms with Gasteiger partial charge in [0.2, 0.25) is 0 Å². The molecule has 0 spiro atoms. The molecule has 0 saturated heterocycles. The lowest BCUT2D eigenvalue weighted by atomic mass is 10.3. The van der Waals surface area contributed by atoms with Gasteiger partial charge in [-0.2, -0.15) is 0 Å². The lowest BCUT2D eigenvalue weighted by Crippen LogP contribution is -2.30. The van der Waals surface area contributed by atoms with Gasteiger partial charge in [0.1, 0.15) is 5.69 Å². The number of rotatable bonds is 4. The zero-order valence-corrected chi connectivity index (χ0v) is 10.7. The Morgan fingerprint density at radius 1 is 1.43 bits per heavy atom. The van der Waals surface area contributed by atoms with Crippen molar-refractivity contribution in [2.45, 2.75) is 6.54 Å². The summed E-state index contributed by atoms with van der Waals surface area (Å²) in [7, 11) is 0. The standard InChI is InChI=1S/C12H11N5O4/c13-15-12(19)9-3-1-2-8(14-9)6-16-5-4-11(18)10(7-16)17(20)21/h1-5,7H,6,13H2,(H,15,19). The van der Waals surface area contributed by atoms with Crippen LogP contribution < -0.4 is 16.7 Å². The van der Waals surface area contributed by atoms with Crippen molar-refractivity contribution in [3.63, 3.8) is 0 Å². The molecule has 2 aromatic heterocycles. The van der Waals surface area contributed by atoms with E-state index in [4.69, 9.17) is 5.84 Å². The number of nitrogen functional groups attached to an aromatic ring is 1. The van der Waals surface area contributed by atoms with Gasteiger partial charge in [-0.15, -0.1) is 0 Å². The third-order valence-electron chi connectivity index (χ3n) is 2.67. The van der Waals surface area contributed by atoms with E-state index in [2.05, 4.69) is 4.98 Å². The van der Waals surface area contributed by atoms with Gasteiger partial charge in [0.25, 0.3) is 11.3 Å². The van der Waals surface area contributed by atoms with E-state index >= 15 is 0 Å². The molecular weight excluding hydrogens is 278 g/mol. The first-order chi connectivity index (χ1) is 10.0. The number of hydrazine groups is 1. The fraction of sp³-hybridized carbons (Fsp3) is 0.0833. The van der Waals surface area contributed by atoms with E-state index in [9.17, 15) is 19.7 Å². The van der Waals surface area contributed by atoms with Crippen molar-refractivity contribution in [3.05, 3.63) is 68.4 Å². The van der Waals surface area contributed by atoms with Crippen LogP contribution in [0.2, 0.25) is 0 Å². The lowest BCUT2D eigenvalue weighted by Gasteiger charge is -2.06. The average molecular weight is 289 g/mol. The Bertz CT molecular complexity index is 755. The molecule has 9 heteroatoms. The summed E-state index contributed by atoms with van der Waals surface area (Å²) < 4.78 is 1.44. The van der Waals surface area contributed by atoms with Crippen molar-refractivity contribution in [2.75, 3.05) is 0 Å². The van der Waals surface area contributed by atoms with Crippen molar-refractivity contribution in [3.8, 4) is 0 Å². The molecule has 2 heterocycles. The average Bonchev–Trinajstić information content (AvgIpc) is 2.48. The van der Waals surface area contributed by atoms with E-state index in [1.165, 1.54) is 16.8 Å². The number of aromatic nitrogens is 2. The molecule has 0 radical (unpaired) electrons. The van der Waals surface area contributed by atoms with Crippen LogP contribution in [0.4, 0.5) is 5.69 Å². The Hall–Kier alpha value is -3.07. The molecule has 9 nitrogen and oxygen atoms in total. The number of nitrogens with zero attached hydrogens (tertiary/aromatic N) is 3. The number of carbonyl (C=O) groups excluding carboxylic acids is 1. The fourth-order valence-corrected chi connectivity index (χ4v) is 1.70. The molecule has 2 rings (SSSR count). The van der Waals surface area contributed by atoms with Crippen molar-refractivity contribution in [1.29, 1.82) is 0 Å². The van der Waals surface area contributed by atoms with Gasteiger partial charge < -0.3 is 4.57 Å². The van der Waals surface area contributed by atoms with Gasteiger partial charge in [0, 0.05) is 12.3 Å². The third kappa shape index (κ3) is 3.28.